The normalized spacial score (nSPS) is 14.2. The van der Waals surface area contributed by atoms with Crippen LogP contribution in [0.1, 0.15) is 51.6 Å². The number of hydrogen-bond acceptors (Lipinski definition) is 3. The van der Waals surface area contributed by atoms with E-state index >= 15 is 0 Å². The number of hydrogen-bond donors (Lipinski definition) is 1. The van der Waals surface area contributed by atoms with E-state index in [1.54, 1.807) is 7.11 Å². The van der Waals surface area contributed by atoms with E-state index in [0.717, 1.165) is 12.3 Å². The van der Waals surface area contributed by atoms with E-state index in [4.69, 9.17) is 4.74 Å². The van der Waals surface area contributed by atoms with Gasteiger partial charge in [0.2, 0.25) is 0 Å². The van der Waals surface area contributed by atoms with Gasteiger partial charge in [-0.3, -0.25) is 4.90 Å². The van der Waals surface area contributed by atoms with Gasteiger partial charge in [0.05, 0.1) is 7.11 Å². The number of benzene rings is 1. The van der Waals surface area contributed by atoms with Gasteiger partial charge in [-0.15, -0.1) is 0 Å². The molecule has 0 aliphatic rings. The number of methoxy groups -OCH3 is 1. The van der Waals surface area contributed by atoms with Gasteiger partial charge in [-0.05, 0) is 51.1 Å². The van der Waals surface area contributed by atoms with Crippen LogP contribution in [-0.2, 0) is 0 Å². The first-order valence-electron chi connectivity index (χ1n) is 8.21. The number of likely N-dealkylation sites (N-methyl/N-ethyl adjacent to an activating group) is 1. The lowest BCUT2D eigenvalue weighted by Crippen LogP contribution is -2.39. The Bertz CT molecular complexity index is 395. The molecule has 2 atom stereocenters. The Morgan fingerprint density at radius 2 is 2.05 bits per heavy atom. The molecule has 0 aliphatic carbocycles. The molecular formula is C18H32N2O. The lowest BCUT2D eigenvalue weighted by molar-refractivity contribution is 0.182. The zero-order valence-corrected chi connectivity index (χ0v) is 14.4. The summed E-state index contributed by atoms with van der Waals surface area (Å²) in [5, 5.41) is 3.46. The average Bonchev–Trinajstić information content (AvgIpc) is 2.54. The fourth-order valence-corrected chi connectivity index (χ4v) is 2.57. The van der Waals surface area contributed by atoms with Crippen molar-refractivity contribution < 1.29 is 4.74 Å². The minimum atomic E-state index is 0.339. The number of rotatable bonds is 10. The van der Waals surface area contributed by atoms with Crippen molar-refractivity contribution in [3.8, 4) is 5.75 Å². The highest BCUT2D eigenvalue weighted by Crippen LogP contribution is 2.21. The zero-order valence-electron chi connectivity index (χ0n) is 14.4. The van der Waals surface area contributed by atoms with Crippen LogP contribution in [0.25, 0.3) is 0 Å². The van der Waals surface area contributed by atoms with Crippen LogP contribution in [0.15, 0.2) is 24.3 Å². The second kappa shape index (κ2) is 9.80. The Kier molecular flexibility index (Phi) is 8.40. The molecule has 3 nitrogen and oxygen atoms in total. The molecular weight excluding hydrogens is 260 g/mol. The molecule has 120 valence electrons. The summed E-state index contributed by atoms with van der Waals surface area (Å²) in [4.78, 5) is 2.60. The SMILES string of the molecule is CCCCN(CC(NC)c1cccc(OC)c1)C(C)CC. The minimum Gasteiger partial charge on any atom is -0.497 e. The van der Waals surface area contributed by atoms with Gasteiger partial charge >= 0.3 is 0 Å². The van der Waals surface area contributed by atoms with Crippen LogP contribution in [0.5, 0.6) is 5.75 Å². The topological polar surface area (TPSA) is 24.5 Å². The van der Waals surface area contributed by atoms with Crippen LogP contribution >= 0.6 is 0 Å². The predicted molar refractivity (Wildman–Crippen MR) is 91.0 cm³/mol. The molecule has 0 bridgehead atoms. The Balaban J connectivity index is 2.80. The molecule has 21 heavy (non-hydrogen) atoms. The Labute approximate surface area is 130 Å². The van der Waals surface area contributed by atoms with E-state index in [-0.39, 0.29) is 0 Å². The summed E-state index contributed by atoms with van der Waals surface area (Å²) < 4.78 is 5.35. The van der Waals surface area contributed by atoms with Gasteiger partial charge in [0.25, 0.3) is 0 Å². The summed E-state index contributed by atoms with van der Waals surface area (Å²) in [5.41, 5.74) is 1.29. The molecule has 0 heterocycles. The van der Waals surface area contributed by atoms with Crippen molar-refractivity contribution in [3.05, 3.63) is 29.8 Å². The van der Waals surface area contributed by atoms with Crippen LogP contribution in [0.3, 0.4) is 0 Å². The van der Waals surface area contributed by atoms with Gasteiger partial charge in [0.1, 0.15) is 5.75 Å². The maximum absolute atomic E-state index is 5.35. The second-order valence-electron chi connectivity index (χ2n) is 5.72. The van der Waals surface area contributed by atoms with Gasteiger partial charge in [-0.25, -0.2) is 0 Å². The molecule has 0 amide bonds. The van der Waals surface area contributed by atoms with Crippen molar-refractivity contribution in [1.82, 2.24) is 10.2 Å². The van der Waals surface area contributed by atoms with Crippen molar-refractivity contribution in [2.75, 3.05) is 27.2 Å². The fourth-order valence-electron chi connectivity index (χ4n) is 2.57. The highest BCUT2D eigenvalue weighted by Gasteiger charge is 2.18. The molecule has 0 aromatic heterocycles. The Hall–Kier alpha value is -1.06. The largest absolute Gasteiger partial charge is 0.497 e. The molecule has 0 fully saturated rings. The van der Waals surface area contributed by atoms with Crippen molar-refractivity contribution in [1.29, 1.82) is 0 Å². The van der Waals surface area contributed by atoms with Gasteiger partial charge in [0, 0.05) is 18.6 Å². The Morgan fingerprint density at radius 1 is 1.29 bits per heavy atom. The zero-order chi connectivity index (χ0) is 15.7. The number of nitrogens with one attached hydrogen (secondary N) is 1. The molecule has 0 spiro atoms. The monoisotopic (exact) mass is 292 g/mol. The summed E-state index contributed by atoms with van der Waals surface area (Å²) in [6, 6.07) is 9.34. The quantitative estimate of drug-likeness (QED) is 0.709. The highest BCUT2D eigenvalue weighted by molar-refractivity contribution is 5.30. The highest BCUT2D eigenvalue weighted by atomic mass is 16.5. The third-order valence-corrected chi connectivity index (χ3v) is 4.27. The van der Waals surface area contributed by atoms with Crippen molar-refractivity contribution >= 4 is 0 Å². The Morgan fingerprint density at radius 3 is 2.62 bits per heavy atom. The molecule has 0 radical (unpaired) electrons. The predicted octanol–water partition coefficient (Wildman–Crippen LogP) is 3.86. The third-order valence-electron chi connectivity index (χ3n) is 4.27. The summed E-state index contributed by atoms with van der Waals surface area (Å²) in [5.74, 6) is 0.927. The molecule has 1 rings (SSSR count). The standard InChI is InChI=1S/C18H32N2O/c1-6-8-12-20(15(3)7-2)14-18(19-4)16-10-9-11-17(13-16)21-5/h9-11,13,15,18-19H,6-8,12,14H2,1-5H3. The van der Waals surface area contributed by atoms with Crippen LogP contribution in [0.2, 0.25) is 0 Å². The van der Waals surface area contributed by atoms with Gasteiger partial charge in [-0.2, -0.15) is 0 Å². The number of ether oxygens (including phenoxy) is 1. The van der Waals surface area contributed by atoms with Gasteiger partial charge < -0.3 is 10.1 Å². The summed E-state index contributed by atoms with van der Waals surface area (Å²) in [6.45, 7) is 9.07. The fraction of sp³-hybridized carbons (Fsp3) is 0.667. The molecule has 0 aliphatic heterocycles. The molecule has 0 saturated carbocycles. The average molecular weight is 292 g/mol. The summed E-state index contributed by atoms with van der Waals surface area (Å²) in [7, 11) is 3.76. The first-order chi connectivity index (χ1) is 10.2. The first-order valence-corrected chi connectivity index (χ1v) is 8.21. The van der Waals surface area contributed by atoms with Crippen LogP contribution in [-0.4, -0.2) is 38.2 Å². The van der Waals surface area contributed by atoms with E-state index in [0.29, 0.717) is 12.1 Å². The number of nitrogens with zero attached hydrogens (tertiary/aromatic N) is 1. The van der Waals surface area contributed by atoms with E-state index in [2.05, 4.69) is 49.2 Å². The van der Waals surface area contributed by atoms with Crippen molar-refractivity contribution in [3.63, 3.8) is 0 Å². The summed E-state index contributed by atoms with van der Waals surface area (Å²) >= 11 is 0. The van der Waals surface area contributed by atoms with E-state index in [1.807, 2.05) is 13.1 Å². The minimum absolute atomic E-state index is 0.339. The van der Waals surface area contributed by atoms with E-state index in [9.17, 15) is 0 Å². The maximum Gasteiger partial charge on any atom is 0.119 e. The van der Waals surface area contributed by atoms with Gasteiger partial charge in [-0.1, -0.05) is 32.4 Å². The van der Waals surface area contributed by atoms with Crippen molar-refractivity contribution in [2.24, 2.45) is 0 Å². The smallest absolute Gasteiger partial charge is 0.119 e. The summed E-state index contributed by atoms with van der Waals surface area (Å²) in [6.07, 6.45) is 3.70. The van der Waals surface area contributed by atoms with E-state index < -0.39 is 0 Å². The van der Waals surface area contributed by atoms with E-state index in [1.165, 1.54) is 31.4 Å². The maximum atomic E-state index is 5.35. The van der Waals surface area contributed by atoms with Crippen LogP contribution in [0, 0.1) is 0 Å². The molecule has 1 N–H and O–H groups in total. The second-order valence-corrected chi connectivity index (χ2v) is 5.72. The lowest BCUT2D eigenvalue weighted by Gasteiger charge is -2.32. The van der Waals surface area contributed by atoms with Gasteiger partial charge in [0.15, 0.2) is 0 Å². The molecule has 3 heteroatoms. The van der Waals surface area contributed by atoms with Crippen molar-refractivity contribution in [2.45, 2.75) is 52.1 Å². The molecule has 1 aromatic rings. The lowest BCUT2D eigenvalue weighted by atomic mass is 10.0. The van der Waals surface area contributed by atoms with Crippen LogP contribution < -0.4 is 10.1 Å². The molecule has 0 saturated heterocycles. The van der Waals surface area contributed by atoms with Crippen LogP contribution in [0.4, 0.5) is 0 Å². The molecule has 1 aromatic carbocycles. The first kappa shape index (κ1) is 18.0. The number of unbranched alkanes of at least 4 members (excludes halogenated alkanes) is 1. The molecule has 2 unspecified atom stereocenters. The third kappa shape index (κ3) is 5.68.